The number of anilines is 1. The summed E-state index contributed by atoms with van der Waals surface area (Å²) in [7, 11) is -4.12. The van der Waals surface area contributed by atoms with Crippen molar-refractivity contribution in [3.63, 3.8) is 0 Å². The van der Waals surface area contributed by atoms with Gasteiger partial charge in [0.25, 0.3) is 10.0 Å². The number of benzene rings is 4. The van der Waals surface area contributed by atoms with Crippen molar-refractivity contribution in [2.24, 2.45) is 0 Å². The highest BCUT2D eigenvalue weighted by Gasteiger charge is 2.35. The first-order valence-corrected chi connectivity index (χ1v) is 18.2. The number of sulfonamides is 1. The minimum atomic E-state index is -4.12. The second kappa shape index (κ2) is 15.4. The number of nitrogens with zero attached hydrogens (tertiary/aromatic N) is 2. The van der Waals surface area contributed by atoms with E-state index in [4.69, 9.17) is 0 Å². The zero-order valence-corrected chi connectivity index (χ0v) is 29.2. The lowest BCUT2D eigenvalue weighted by Crippen LogP contribution is -2.54. The largest absolute Gasteiger partial charge is 0.352 e. The summed E-state index contributed by atoms with van der Waals surface area (Å²) in [6.45, 7) is -0.354. The number of amides is 2. The van der Waals surface area contributed by atoms with Gasteiger partial charge in [0.1, 0.15) is 12.6 Å². The molecule has 1 unspecified atom stereocenters. The minimum Gasteiger partial charge on any atom is -0.352 e. The lowest BCUT2D eigenvalue weighted by Gasteiger charge is -2.34. The molecule has 4 aromatic rings. The third-order valence-electron chi connectivity index (χ3n) is 7.94. The average Bonchev–Trinajstić information content (AvgIpc) is 3.56. The number of rotatable bonds is 12. The number of carbonyl (C=O) groups is 2. The molecule has 0 aliphatic heterocycles. The molecule has 0 saturated heterocycles. The van der Waals surface area contributed by atoms with Crippen LogP contribution < -0.4 is 9.62 Å². The Labute approximate surface area is 287 Å². The molecule has 0 radical (unpaired) electrons. The molecule has 0 heterocycles. The Hall–Kier alpha value is -3.22. The second-order valence-electron chi connectivity index (χ2n) is 11.1. The van der Waals surface area contributed by atoms with Crippen LogP contribution in [0.25, 0.3) is 0 Å². The highest BCUT2D eigenvalue weighted by Crippen LogP contribution is 2.26. The molecule has 0 aromatic heterocycles. The smallest absolute Gasteiger partial charge is 0.264 e. The predicted octanol–water partition coefficient (Wildman–Crippen LogP) is 6.95. The van der Waals surface area contributed by atoms with Crippen LogP contribution in [0.3, 0.4) is 0 Å². The number of hydrogen-bond acceptors (Lipinski definition) is 4. The number of hydrogen-bond donors (Lipinski definition) is 1. The van der Waals surface area contributed by atoms with Crippen molar-refractivity contribution in [2.45, 2.75) is 55.6 Å². The summed E-state index contributed by atoms with van der Waals surface area (Å²) >= 11 is 5.68. The van der Waals surface area contributed by atoms with Crippen molar-refractivity contribution in [3.05, 3.63) is 128 Å². The van der Waals surface area contributed by atoms with Gasteiger partial charge in [0.15, 0.2) is 0 Å². The second-order valence-corrected chi connectivity index (χ2v) is 15.2. The average molecular weight is 801 g/mol. The van der Waals surface area contributed by atoms with Crippen LogP contribution in [-0.2, 0) is 32.6 Å². The van der Waals surface area contributed by atoms with Crippen molar-refractivity contribution >= 4 is 66.0 Å². The van der Waals surface area contributed by atoms with Gasteiger partial charge in [0.2, 0.25) is 11.8 Å². The van der Waals surface area contributed by atoms with Gasteiger partial charge in [-0.3, -0.25) is 13.9 Å². The molecule has 7 nitrogen and oxygen atoms in total. The maximum Gasteiger partial charge on any atom is 0.264 e. The molecule has 1 saturated carbocycles. The van der Waals surface area contributed by atoms with Crippen LogP contribution in [0.15, 0.2) is 119 Å². The van der Waals surface area contributed by atoms with E-state index >= 15 is 0 Å². The van der Waals surface area contributed by atoms with Gasteiger partial charge >= 0.3 is 0 Å². The van der Waals surface area contributed by atoms with Crippen LogP contribution >= 0.6 is 38.5 Å². The van der Waals surface area contributed by atoms with E-state index in [0.717, 1.165) is 49.2 Å². The Morgan fingerprint density at radius 3 is 2.11 bits per heavy atom. The van der Waals surface area contributed by atoms with E-state index in [-0.39, 0.29) is 29.8 Å². The van der Waals surface area contributed by atoms with E-state index < -0.39 is 28.5 Å². The van der Waals surface area contributed by atoms with Gasteiger partial charge in [-0.05, 0) is 95.1 Å². The SMILES string of the molecule is O=C(NC1CCCC1)C(Cc1ccccc1)N(Cc1cccc(Br)c1)C(=O)CN(c1ccc(I)cc1)S(=O)(=O)c1ccccc1. The molecule has 234 valence electrons. The maximum atomic E-state index is 14.6. The Morgan fingerprint density at radius 2 is 1.47 bits per heavy atom. The Kier molecular flexibility index (Phi) is 11.3. The predicted molar refractivity (Wildman–Crippen MR) is 189 cm³/mol. The monoisotopic (exact) mass is 799 g/mol. The molecule has 0 bridgehead atoms. The topological polar surface area (TPSA) is 86.8 Å². The Balaban J connectivity index is 1.56. The molecule has 45 heavy (non-hydrogen) atoms. The summed E-state index contributed by atoms with van der Waals surface area (Å²) in [4.78, 5) is 30.3. The minimum absolute atomic E-state index is 0.0559. The first-order valence-electron chi connectivity index (χ1n) is 14.9. The molecular formula is C35H35BrIN3O4S. The zero-order valence-electron chi connectivity index (χ0n) is 24.7. The molecule has 1 aliphatic carbocycles. The van der Waals surface area contributed by atoms with Crippen LogP contribution in [0, 0.1) is 3.57 Å². The maximum absolute atomic E-state index is 14.6. The van der Waals surface area contributed by atoms with Gasteiger partial charge in [-0.25, -0.2) is 8.42 Å². The first-order chi connectivity index (χ1) is 21.7. The highest BCUT2D eigenvalue weighted by molar-refractivity contribution is 14.1. The van der Waals surface area contributed by atoms with Crippen LogP contribution in [0.5, 0.6) is 0 Å². The van der Waals surface area contributed by atoms with Gasteiger partial charge in [-0.15, -0.1) is 0 Å². The summed E-state index contributed by atoms with van der Waals surface area (Å²) in [5, 5.41) is 3.20. The summed E-state index contributed by atoms with van der Waals surface area (Å²) in [5.41, 5.74) is 2.09. The standard InChI is InChI=1S/C35H35BrIN3O4S/c36-28-13-9-12-27(22-28)24-39(33(23-26-10-3-1-4-11-26)35(42)38-30-14-7-8-15-30)34(41)25-40(31-20-18-29(37)19-21-31)45(43,44)32-16-5-2-6-17-32/h1-6,9-13,16-22,30,33H,7-8,14-15,23-25H2,(H,38,42). The molecule has 0 spiro atoms. The number of nitrogens with one attached hydrogen (secondary N) is 1. The Bertz CT molecular complexity index is 1700. The molecule has 1 atom stereocenters. The summed E-state index contributed by atoms with van der Waals surface area (Å²) in [6.07, 6.45) is 4.20. The van der Waals surface area contributed by atoms with Crippen molar-refractivity contribution < 1.29 is 18.0 Å². The molecule has 1 aliphatic rings. The first kappa shape index (κ1) is 33.2. The van der Waals surface area contributed by atoms with Crippen LogP contribution in [0.4, 0.5) is 5.69 Å². The fraction of sp³-hybridized carbons (Fsp3) is 0.257. The van der Waals surface area contributed by atoms with Gasteiger partial charge in [-0.2, -0.15) is 0 Å². The summed E-state index contributed by atoms with van der Waals surface area (Å²) in [5.74, 6) is -0.712. The third-order valence-corrected chi connectivity index (χ3v) is 10.9. The van der Waals surface area contributed by atoms with Crippen LogP contribution in [0.1, 0.15) is 36.8 Å². The lowest BCUT2D eigenvalue weighted by atomic mass is 10.0. The molecule has 1 fully saturated rings. The van der Waals surface area contributed by atoms with E-state index in [1.54, 1.807) is 47.4 Å². The molecule has 5 rings (SSSR count). The van der Waals surface area contributed by atoms with Crippen molar-refractivity contribution in [1.29, 1.82) is 0 Å². The van der Waals surface area contributed by atoms with E-state index in [0.29, 0.717) is 5.69 Å². The van der Waals surface area contributed by atoms with Gasteiger partial charge < -0.3 is 10.2 Å². The van der Waals surface area contributed by atoms with Crippen molar-refractivity contribution in [1.82, 2.24) is 10.2 Å². The summed E-state index contributed by atoms with van der Waals surface area (Å²) in [6, 6.07) is 31.5. The Morgan fingerprint density at radius 1 is 0.844 bits per heavy atom. The van der Waals surface area contributed by atoms with Crippen molar-refractivity contribution in [2.75, 3.05) is 10.8 Å². The van der Waals surface area contributed by atoms with E-state index in [1.165, 1.54) is 12.1 Å². The fourth-order valence-corrected chi connectivity index (χ4v) is 7.85. The van der Waals surface area contributed by atoms with E-state index in [9.17, 15) is 18.0 Å². The molecule has 4 aromatic carbocycles. The lowest BCUT2D eigenvalue weighted by molar-refractivity contribution is -0.140. The summed E-state index contributed by atoms with van der Waals surface area (Å²) < 4.78 is 31.1. The van der Waals surface area contributed by atoms with E-state index in [1.807, 2.05) is 54.6 Å². The molecule has 1 N–H and O–H groups in total. The normalized spacial score (nSPS) is 14.1. The highest BCUT2D eigenvalue weighted by atomic mass is 127. The van der Waals surface area contributed by atoms with Gasteiger partial charge in [-0.1, -0.05) is 89.4 Å². The van der Waals surface area contributed by atoms with E-state index in [2.05, 4.69) is 43.8 Å². The van der Waals surface area contributed by atoms with Crippen LogP contribution in [0.2, 0.25) is 0 Å². The van der Waals surface area contributed by atoms with Crippen molar-refractivity contribution in [3.8, 4) is 0 Å². The van der Waals surface area contributed by atoms with Gasteiger partial charge in [0.05, 0.1) is 10.6 Å². The van der Waals surface area contributed by atoms with Crippen LogP contribution in [-0.4, -0.2) is 43.8 Å². The third kappa shape index (κ3) is 8.74. The number of carbonyl (C=O) groups excluding carboxylic acids is 2. The molecule has 2 amide bonds. The number of halogens is 2. The quantitative estimate of drug-likeness (QED) is 0.157. The van der Waals surface area contributed by atoms with Gasteiger partial charge in [0, 0.05) is 27.1 Å². The molecular weight excluding hydrogens is 765 g/mol. The fourth-order valence-electron chi connectivity index (χ4n) is 5.61. The zero-order chi connectivity index (χ0) is 31.8. The molecule has 10 heteroatoms.